The number of esters is 3. The second-order valence-electron chi connectivity index (χ2n) is 5.62. The highest BCUT2D eigenvalue weighted by Crippen LogP contribution is 2.26. The predicted octanol–water partition coefficient (Wildman–Crippen LogP) is 0.393. The maximum atomic E-state index is 11.4. The van der Waals surface area contributed by atoms with Gasteiger partial charge in [-0.1, -0.05) is 5.16 Å². The van der Waals surface area contributed by atoms with E-state index < -0.39 is 42.5 Å². The van der Waals surface area contributed by atoms with Crippen LogP contribution in [0, 0.1) is 0 Å². The number of hydrogen-bond acceptors (Lipinski definition) is 10. The van der Waals surface area contributed by atoms with E-state index in [0.29, 0.717) is 0 Å². The molecule has 0 aromatic heterocycles. The van der Waals surface area contributed by atoms with Crippen molar-refractivity contribution in [1.82, 2.24) is 0 Å². The van der Waals surface area contributed by atoms with E-state index in [9.17, 15) is 19.6 Å². The SMILES string of the molecule is CC(=O)OC[C@H]1O[C@H](OC(C)C)/C(=N\O)[C@@H](OC(C)=O)[C@@H]1OC(C)=O. The largest absolute Gasteiger partial charge is 0.463 e. The fourth-order valence-corrected chi connectivity index (χ4v) is 2.23. The zero-order valence-electron chi connectivity index (χ0n) is 14.8. The van der Waals surface area contributed by atoms with Crippen molar-refractivity contribution in [2.45, 2.75) is 65.3 Å². The topological polar surface area (TPSA) is 130 Å². The van der Waals surface area contributed by atoms with Crippen LogP contribution in [-0.4, -0.2) is 66.1 Å². The van der Waals surface area contributed by atoms with Gasteiger partial charge in [0.05, 0.1) is 6.10 Å². The lowest BCUT2D eigenvalue weighted by Gasteiger charge is -2.40. The molecule has 142 valence electrons. The molecule has 1 fully saturated rings. The van der Waals surface area contributed by atoms with Gasteiger partial charge in [0.1, 0.15) is 12.7 Å². The average Bonchev–Trinajstić information content (AvgIpc) is 2.46. The van der Waals surface area contributed by atoms with Crippen LogP contribution >= 0.6 is 0 Å². The highest BCUT2D eigenvalue weighted by atomic mass is 16.7. The molecule has 0 spiro atoms. The van der Waals surface area contributed by atoms with Crippen LogP contribution in [0.3, 0.4) is 0 Å². The molecule has 1 saturated heterocycles. The lowest BCUT2D eigenvalue weighted by molar-refractivity contribution is -0.227. The number of ether oxygens (including phenoxy) is 5. The maximum Gasteiger partial charge on any atom is 0.303 e. The summed E-state index contributed by atoms with van der Waals surface area (Å²) in [6, 6.07) is 0. The van der Waals surface area contributed by atoms with Crippen LogP contribution in [0.15, 0.2) is 5.16 Å². The first-order valence-corrected chi connectivity index (χ1v) is 7.66. The molecule has 0 aromatic rings. The molecule has 0 unspecified atom stereocenters. The molecule has 25 heavy (non-hydrogen) atoms. The minimum atomic E-state index is -1.26. The Morgan fingerprint density at radius 2 is 1.72 bits per heavy atom. The van der Waals surface area contributed by atoms with Crippen molar-refractivity contribution in [1.29, 1.82) is 0 Å². The van der Waals surface area contributed by atoms with Crippen molar-refractivity contribution in [3.05, 3.63) is 0 Å². The lowest BCUT2D eigenvalue weighted by atomic mass is 9.99. The second kappa shape index (κ2) is 9.33. The smallest absolute Gasteiger partial charge is 0.303 e. The summed E-state index contributed by atoms with van der Waals surface area (Å²) in [5, 5.41) is 12.4. The van der Waals surface area contributed by atoms with Crippen molar-refractivity contribution < 1.29 is 43.3 Å². The number of oxime groups is 1. The van der Waals surface area contributed by atoms with E-state index in [1.165, 1.54) is 6.92 Å². The summed E-state index contributed by atoms with van der Waals surface area (Å²) >= 11 is 0. The fourth-order valence-electron chi connectivity index (χ4n) is 2.23. The minimum Gasteiger partial charge on any atom is -0.463 e. The quantitative estimate of drug-likeness (QED) is 0.309. The Morgan fingerprint density at radius 3 is 2.16 bits per heavy atom. The molecule has 0 aliphatic carbocycles. The molecular formula is C15H23NO9. The van der Waals surface area contributed by atoms with Crippen LogP contribution in [0.2, 0.25) is 0 Å². The Hall–Kier alpha value is -2.20. The van der Waals surface area contributed by atoms with Gasteiger partial charge in [-0.3, -0.25) is 14.4 Å². The monoisotopic (exact) mass is 361 g/mol. The van der Waals surface area contributed by atoms with Crippen molar-refractivity contribution in [2.24, 2.45) is 5.16 Å². The Bertz CT molecular complexity index is 531. The molecule has 4 atom stereocenters. The third-order valence-corrected chi connectivity index (χ3v) is 3.05. The summed E-state index contributed by atoms with van der Waals surface area (Å²) in [5.74, 6) is -1.95. The summed E-state index contributed by atoms with van der Waals surface area (Å²) < 4.78 is 26.3. The van der Waals surface area contributed by atoms with Gasteiger partial charge >= 0.3 is 17.9 Å². The summed E-state index contributed by atoms with van der Waals surface area (Å²) in [4.78, 5) is 34.0. The van der Waals surface area contributed by atoms with E-state index in [2.05, 4.69) is 5.16 Å². The van der Waals surface area contributed by atoms with Gasteiger partial charge in [-0.15, -0.1) is 0 Å². The van der Waals surface area contributed by atoms with Crippen molar-refractivity contribution >= 4 is 23.6 Å². The van der Waals surface area contributed by atoms with Crippen LogP contribution in [0.5, 0.6) is 0 Å². The van der Waals surface area contributed by atoms with Crippen molar-refractivity contribution in [2.75, 3.05) is 6.61 Å². The number of rotatable bonds is 6. The molecule has 1 aliphatic heterocycles. The normalized spacial score (nSPS) is 27.8. The minimum absolute atomic E-state index is 0.172. The highest BCUT2D eigenvalue weighted by Gasteiger charge is 2.49. The third-order valence-electron chi connectivity index (χ3n) is 3.05. The second-order valence-corrected chi connectivity index (χ2v) is 5.62. The molecule has 1 heterocycles. The van der Waals surface area contributed by atoms with E-state index >= 15 is 0 Å². The molecule has 0 saturated carbocycles. The van der Waals surface area contributed by atoms with Crippen molar-refractivity contribution in [3.8, 4) is 0 Å². The number of hydrogen-bond donors (Lipinski definition) is 1. The first-order chi connectivity index (χ1) is 11.6. The van der Waals surface area contributed by atoms with Crippen LogP contribution in [0.1, 0.15) is 34.6 Å². The Labute approximate surface area is 145 Å². The average molecular weight is 361 g/mol. The van der Waals surface area contributed by atoms with E-state index in [1.54, 1.807) is 13.8 Å². The molecule has 0 amide bonds. The van der Waals surface area contributed by atoms with Crippen LogP contribution in [-0.2, 0) is 38.1 Å². The highest BCUT2D eigenvalue weighted by molar-refractivity contribution is 5.94. The standard InChI is InChI=1S/C15H23NO9/c1-7(2)22-15-12(16-20)14(24-10(5)19)13(23-9(4)18)11(25-15)6-21-8(3)17/h7,11,13-15,20H,6H2,1-5H3/b16-12-/t11-,13-,14-,15+/m1/s1. The van der Waals surface area contributed by atoms with Gasteiger partial charge in [0.15, 0.2) is 17.9 Å². The molecule has 10 nitrogen and oxygen atoms in total. The number of carbonyl (C=O) groups is 3. The van der Waals surface area contributed by atoms with Gasteiger partial charge in [-0.2, -0.15) is 0 Å². The Morgan fingerprint density at radius 1 is 1.12 bits per heavy atom. The summed E-state index contributed by atoms with van der Waals surface area (Å²) in [7, 11) is 0. The van der Waals surface area contributed by atoms with Crippen molar-refractivity contribution in [3.63, 3.8) is 0 Å². The first kappa shape index (κ1) is 20.8. The van der Waals surface area contributed by atoms with E-state index in [4.69, 9.17) is 23.7 Å². The molecule has 0 aromatic carbocycles. The zero-order chi connectivity index (χ0) is 19.1. The third kappa shape index (κ3) is 6.31. The number of carbonyl (C=O) groups excluding carboxylic acids is 3. The van der Waals surface area contributed by atoms with E-state index in [1.807, 2.05) is 0 Å². The first-order valence-electron chi connectivity index (χ1n) is 7.66. The van der Waals surface area contributed by atoms with Gasteiger partial charge in [-0.25, -0.2) is 0 Å². The molecule has 0 radical (unpaired) electrons. The summed E-state index contributed by atoms with van der Waals surface area (Å²) in [6.45, 7) is 6.67. The van der Waals surface area contributed by atoms with Crippen LogP contribution in [0.25, 0.3) is 0 Å². The molecule has 0 bridgehead atoms. The van der Waals surface area contributed by atoms with E-state index in [0.717, 1.165) is 13.8 Å². The van der Waals surface area contributed by atoms with Gasteiger partial charge in [0, 0.05) is 20.8 Å². The van der Waals surface area contributed by atoms with Crippen LogP contribution < -0.4 is 0 Å². The maximum absolute atomic E-state index is 11.4. The molecule has 10 heteroatoms. The van der Waals surface area contributed by atoms with Gasteiger partial charge in [0.25, 0.3) is 0 Å². The number of nitrogens with zero attached hydrogens (tertiary/aromatic N) is 1. The summed E-state index contributed by atoms with van der Waals surface area (Å²) in [6.07, 6.45) is -4.93. The summed E-state index contributed by atoms with van der Waals surface area (Å²) in [5.41, 5.74) is -0.172. The Kier molecular flexibility index (Phi) is 7.78. The molecule has 1 rings (SSSR count). The molecular weight excluding hydrogens is 338 g/mol. The lowest BCUT2D eigenvalue weighted by Crippen LogP contribution is -2.60. The van der Waals surface area contributed by atoms with Crippen LogP contribution in [0.4, 0.5) is 0 Å². The Balaban J connectivity index is 3.20. The fraction of sp³-hybridized carbons (Fsp3) is 0.733. The molecule has 1 N–H and O–H groups in total. The van der Waals surface area contributed by atoms with Gasteiger partial charge in [-0.05, 0) is 13.8 Å². The van der Waals surface area contributed by atoms with Gasteiger partial charge < -0.3 is 28.9 Å². The predicted molar refractivity (Wildman–Crippen MR) is 81.8 cm³/mol. The van der Waals surface area contributed by atoms with Gasteiger partial charge in [0.2, 0.25) is 6.29 Å². The molecule has 1 aliphatic rings. The van der Waals surface area contributed by atoms with E-state index in [-0.39, 0.29) is 18.4 Å². The zero-order valence-corrected chi connectivity index (χ0v) is 14.8.